The van der Waals surface area contributed by atoms with Crippen LogP contribution in [0.25, 0.3) is 0 Å². The topological polar surface area (TPSA) is 17.1 Å². The van der Waals surface area contributed by atoms with Crippen LogP contribution in [0.15, 0.2) is 24.3 Å². The molecule has 1 fully saturated rings. The predicted octanol–water partition coefficient (Wildman–Crippen LogP) is 4.92. The Balaban J connectivity index is 1.94. The highest BCUT2D eigenvalue weighted by atomic mass is 19.3. The summed E-state index contributed by atoms with van der Waals surface area (Å²) < 4.78 is 26.2. The Labute approximate surface area is 125 Å². The molecule has 0 atom stereocenters. The zero-order valence-corrected chi connectivity index (χ0v) is 13.1. The van der Waals surface area contributed by atoms with E-state index in [1.807, 2.05) is 12.1 Å². The smallest absolute Gasteiger partial charge is 0.248 e. The molecule has 21 heavy (non-hydrogen) atoms. The van der Waals surface area contributed by atoms with Crippen LogP contribution in [0.5, 0.6) is 0 Å². The summed E-state index contributed by atoms with van der Waals surface area (Å²) >= 11 is 0. The van der Waals surface area contributed by atoms with E-state index in [1.54, 1.807) is 0 Å². The Morgan fingerprint density at radius 2 is 1.67 bits per heavy atom. The van der Waals surface area contributed by atoms with Crippen LogP contribution < -0.4 is 0 Å². The van der Waals surface area contributed by atoms with Crippen molar-refractivity contribution in [1.82, 2.24) is 0 Å². The van der Waals surface area contributed by atoms with Gasteiger partial charge in [0.2, 0.25) is 5.92 Å². The molecule has 0 saturated heterocycles. The van der Waals surface area contributed by atoms with Gasteiger partial charge in [-0.05, 0) is 29.4 Å². The van der Waals surface area contributed by atoms with Crippen molar-refractivity contribution < 1.29 is 13.6 Å². The second kappa shape index (κ2) is 5.86. The summed E-state index contributed by atoms with van der Waals surface area (Å²) in [6.45, 7) is 6.44. The van der Waals surface area contributed by atoms with E-state index in [0.717, 1.165) is 5.56 Å². The Bertz CT molecular complexity index is 487. The molecule has 0 heterocycles. The normalized spacial score (nSPS) is 19.5. The Hall–Kier alpha value is -1.25. The van der Waals surface area contributed by atoms with Gasteiger partial charge in [-0.25, -0.2) is 8.78 Å². The number of hydrogen-bond donors (Lipinski definition) is 0. The largest absolute Gasteiger partial charge is 0.299 e. The van der Waals surface area contributed by atoms with Crippen LogP contribution in [0.2, 0.25) is 0 Å². The van der Waals surface area contributed by atoms with E-state index >= 15 is 0 Å². The van der Waals surface area contributed by atoms with E-state index < -0.39 is 5.92 Å². The van der Waals surface area contributed by atoms with Gasteiger partial charge in [-0.15, -0.1) is 0 Å². The number of ketones is 1. The molecule has 3 heteroatoms. The maximum atomic E-state index is 13.1. The fourth-order valence-electron chi connectivity index (χ4n) is 2.83. The molecule has 116 valence electrons. The molecular formula is C18H24F2O. The number of carbonyl (C=O) groups excluding carboxylic acids is 1. The molecule has 0 aliphatic heterocycles. The van der Waals surface area contributed by atoms with Crippen LogP contribution in [-0.4, -0.2) is 11.7 Å². The molecule has 1 aromatic carbocycles. The number of benzene rings is 1. The Morgan fingerprint density at radius 1 is 1.14 bits per heavy atom. The minimum Gasteiger partial charge on any atom is -0.299 e. The lowest BCUT2D eigenvalue weighted by Gasteiger charge is -2.27. The summed E-state index contributed by atoms with van der Waals surface area (Å²) in [7, 11) is 0. The van der Waals surface area contributed by atoms with Crippen molar-refractivity contribution in [2.24, 2.45) is 5.92 Å². The van der Waals surface area contributed by atoms with Gasteiger partial charge in [-0.3, -0.25) is 4.79 Å². The second-order valence-electron chi connectivity index (χ2n) is 7.22. The average Bonchev–Trinajstić information content (AvgIpc) is 2.38. The minimum absolute atomic E-state index is 0.0947. The van der Waals surface area contributed by atoms with E-state index in [1.165, 1.54) is 5.56 Å². The molecule has 1 aliphatic carbocycles. The quantitative estimate of drug-likeness (QED) is 0.773. The van der Waals surface area contributed by atoms with Crippen molar-refractivity contribution in [3.63, 3.8) is 0 Å². The van der Waals surface area contributed by atoms with Crippen LogP contribution >= 0.6 is 0 Å². The molecule has 0 amide bonds. The molecule has 1 aliphatic rings. The van der Waals surface area contributed by atoms with Crippen LogP contribution in [0.4, 0.5) is 8.78 Å². The van der Waals surface area contributed by atoms with Gasteiger partial charge in [0.1, 0.15) is 5.78 Å². The number of carbonyl (C=O) groups is 1. The third kappa shape index (κ3) is 4.36. The molecule has 0 radical (unpaired) electrons. The van der Waals surface area contributed by atoms with E-state index in [-0.39, 0.29) is 30.0 Å². The molecule has 0 spiro atoms. The van der Waals surface area contributed by atoms with E-state index in [2.05, 4.69) is 32.9 Å². The summed E-state index contributed by atoms with van der Waals surface area (Å²) in [6.07, 6.45) is 0.719. The van der Waals surface area contributed by atoms with Gasteiger partial charge in [0.25, 0.3) is 0 Å². The summed E-state index contributed by atoms with van der Waals surface area (Å²) in [5.41, 5.74) is 2.30. The third-order valence-corrected chi connectivity index (χ3v) is 4.37. The number of rotatable bonds is 3. The summed E-state index contributed by atoms with van der Waals surface area (Å²) in [5.74, 6) is -2.65. The first-order chi connectivity index (χ1) is 9.67. The van der Waals surface area contributed by atoms with Gasteiger partial charge in [0.15, 0.2) is 0 Å². The van der Waals surface area contributed by atoms with Gasteiger partial charge in [0.05, 0.1) is 0 Å². The molecule has 0 unspecified atom stereocenters. The molecule has 1 nitrogen and oxygen atoms in total. The zero-order chi connectivity index (χ0) is 15.7. The standard InChI is InChI=1S/C18H24F2O/c1-17(2,3)15-6-4-13(5-7-15)12-16(21)14-8-10-18(19,20)11-9-14/h4-7,14H,8-12H2,1-3H3. The Morgan fingerprint density at radius 3 is 2.14 bits per heavy atom. The highest BCUT2D eigenvalue weighted by molar-refractivity contribution is 5.83. The summed E-state index contributed by atoms with van der Waals surface area (Å²) in [4.78, 5) is 12.2. The van der Waals surface area contributed by atoms with E-state index in [9.17, 15) is 13.6 Å². The lowest BCUT2D eigenvalue weighted by molar-refractivity contribution is -0.126. The van der Waals surface area contributed by atoms with Crippen molar-refractivity contribution in [3.8, 4) is 0 Å². The minimum atomic E-state index is -2.56. The third-order valence-electron chi connectivity index (χ3n) is 4.37. The fourth-order valence-corrected chi connectivity index (χ4v) is 2.83. The monoisotopic (exact) mass is 294 g/mol. The Kier molecular flexibility index (Phi) is 4.50. The molecule has 0 bridgehead atoms. The van der Waals surface area contributed by atoms with Crippen LogP contribution in [0.3, 0.4) is 0 Å². The summed E-state index contributed by atoms with van der Waals surface area (Å²) in [6, 6.07) is 8.07. The fraction of sp³-hybridized carbons (Fsp3) is 0.611. The lowest BCUT2D eigenvalue weighted by atomic mass is 9.82. The predicted molar refractivity (Wildman–Crippen MR) is 80.8 cm³/mol. The lowest BCUT2D eigenvalue weighted by Crippen LogP contribution is -2.29. The SMILES string of the molecule is CC(C)(C)c1ccc(CC(=O)C2CCC(F)(F)CC2)cc1. The highest BCUT2D eigenvalue weighted by Crippen LogP contribution is 2.36. The number of alkyl halides is 2. The van der Waals surface area contributed by atoms with Gasteiger partial charge >= 0.3 is 0 Å². The van der Waals surface area contributed by atoms with Crippen LogP contribution in [0.1, 0.15) is 57.6 Å². The van der Waals surface area contributed by atoms with Gasteiger partial charge in [0, 0.05) is 25.2 Å². The first-order valence-electron chi connectivity index (χ1n) is 7.67. The maximum absolute atomic E-state index is 13.1. The van der Waals surface area contributed by atoms with Gasteiger partial charge in [-0.2, -0.15) is 0 Å². The first-order valence-corrected chi connectivity index (χ1v) is 7.67. The van der Waals surface area contributed by atoms with Crippen molar-refractivity contribution in [2.75, 3.05) is 0 Å². The molecule has 1 aromatic rings. The average molecular weight is 294 g/mol. The molecule has 0 aromatic heterocycles. The summed E-state index contributed by atoms with van der Waals surface area (Å²) in [5, 5.41) is 0. The highest BCUT2D eigenvalue weighted by Gasteiger charge is 2.37. The van der Waals surface area contributed by atoms with Crippen molar-refractivity contribution in [2.45, 2.75) is 64.2 Å². The second-order valence-corrected chi connectivity index (χ2v) is 7.22. The van der Waals surface area contributed by atoms with Crippen LogP contribution in [-0.2, 0) is 16.6 Å². The van der Waals surface area contributed by atoms with Crippen molar-refractivity contribution in [3.05, 3.63) is 35.4 Å². The van der Waals surface area contributed by atoms with Crippen molar-refractivity contribution in [1.29, 1.82) is 0 Å². The number of halogens is 2. The maximum Gasteiger partial charge on any atom is 0.248 e. The number of Topliss-reactive ketones (excluding diaryl/α,β-unsaturated/α-hetero) is 1. The van der Waals surface area contributed by atoms with E-state index in [4.69, 9.17) is 0 Å². The van der Waals surface area contributed by atoms with Gasteiger partial charge in [-0.1, -0.05) is 45.0 Å². The molecule has 0 N–H and O–H groups in total. The molecule has 1 saturated carbocycles. The van der Waals surface area contributed by atoms with E-state index in [0.29, 0.717) is 19.3 Å². The molecule has 2 rings (SSSR count). The number of hydrogen-bond acceptors (Lipinski definition) is 1. The zero-order valence-electron chi connectivity index (χ0n) is 13.1. The van der Waals surface area contributed by atoms with Crippen molar-refractivity contribution >= 4 is 5.78 Å². The van der Waals surface area contributed by atoms with Gasteiger partial charge < -0.3 is 0 Å². The van der Waals surface area contributed by atoms with Crippen LogP contribution in [0, 0.1) is 5.92 Å². The first kappa shape index (κ1) is 16.1. The molecular weight excluding hydrogens is 270 g/mol.